The molecule has 0 saturated heterocycles. The highest BCUT2D eigenvalue weighted by molar-refractivity contribution is 6.48. The molecule has 10 nitrogen and oxygen atoms in total. The summed E-state index contributed by atoms with van der Waals surface area (Å²) in [7, 11) is 0. The first kappa shape index (κ1) is 50.7. The van der Waals surface area contributed by atoms with Gasteiger partial charge in [-0.05, 0) is 119 Å². The number of hydrogen-bond acceptors (Lipinski definition) is 8. The zero-order chi connectivity index (χ0) is 56.0. The first-order valence-electron chi connectivity index (χ1n) is 27.6. The molecule has 2 aliphatic rings. The predicted octanol–water partition coefficient (Wildman–Crippen LogP) is 18.4. The highest BCUT2D eigenvalue weighted by Crippen LogP contribution is 2.58. The summed E-state index contributed by atoms with van der Waals surface area (Å²) < 4.78 is 28.5. The molecule has 10 heteroatoms. The van der Waals surface area contributed by atoms with E-state index >= 15 is 19.2 Å². The van der Waals surface area contributed by atoms with Gasteiger partial charge in [-0.3, -0.25) is 19.2 Å². The second-order valence-corrected chi connectivity index (χ2v) is 21.7. The topological polar surface area (TPSA) is 112 Å². The molecule has 2 aliphatic heterocycles. The number of anilines is 2. The third-order valence-corrected chi connectivity index (χ3v) is 15.7. The zero-order valence-corrected chi connectivity index (χ0v) is 45.9. The first-order chi connectivity index (χ1) is 39.3. The standard InChI is InChI=1S/C71H56N2O8/c1-8-42-23-21-32-47(39(2)3)66(42)72-68(74)50-35-54(78-43-24-13-9-14-25-43)60-62-56(80-45-28-17-11-18-29-45)37-52-59-53(71(77)73(70(52)76)67-48(40(4)5)33-22-34-49(67)41(6)7)38-57(81-46-30-19-12-20-31-46)63(65(59)62)61-55(79-44-26-15-10-16-27-44)36-51(69(72)75)58(50)64(60)61/h9-41H,8H2,1-7H3. The smallest absolute Gasteiger partial charge is 0.266 e. The third kappa shape index (κ3) is 8.15. The minimum Gasteiger partial charge on any atom is -0.457 e. The van der Waals surface area contributed by atoms with Crippen LogP contribution in [0, 0.1) is 0 Å². The Morgan fingerprint density at radius 3 is 0.877 bits per heavy atom. The average Bonchev–Trinajstić information content (AvgIpc) is 1.35. The van der Waals surface area contributed by atoms with Crippen LogP contribution in [0.25, 0.3) is 43.1 Å². The van der Waals surface area contributed by atoms with Crippen molar-refractivity contribution in [3.63, 3.8) is 0 Å². The molecule has 0 aromatic heterocycles. The lowest BCUT2D eigenvalue weighted by molar-refractivity contribution is 0.0877. The highest BCUT2D eigenvalue weighted by Gasteiger charge is 2.44. The van der Waals surface area contributed by atoms with E-state index in [2.05, 4.69) is 41.5 Å². The molecule has 0 saturated carbocycles. The average molecular weight is 1070 g/mol. The number of benzene rings is 11. The summed E-state index contributed by atoms with van der Waals surface area (Å²) in [4.78, 5) is 66.8. The summed E-state index contributed by atoms with van der Waals surface area (Å²) in [5, 5.41) is 3.41. The van der Waals surface area contributed by atoms with E-state index in [1.54, 1.807) is 24.3 Å². The highest BCUT2D eigenvalue weighted by atomic mass is 16.5. The molecule has 398 valence electrons. The Morgan fingerprint density at radius 1 is 0.321 bits per heavy atom. The number of hydrogen-bond donors (Lipinski definition) is 0. The lowest BCUT2D eigenvalue weighted by Gasteiger charge is -2.34. The molecule has 0 N–H and O–H groups in total. The molecule has 81 heavy (non-hydrogen) atoms. The molecule has 0 unspecified atom stereocenters. The number of rotatable bonds is 14. The van der Waals surface area contributed by atoms with Gasteiger partial charge in [0.25, 0.3) is 23.6 Å². The molecule has 0 bridgehead atoms. The van der Waals surface area contributed by atoms with Crippen molar-refractivity contribution in [3.8, 4) is 46.0 Å². The first-order valence-corrected chi connectivity index (χ1v) is 27.6. The number of nitrogens with zero attached hydrogens (tertiary/aromatic N) is 2. The van der Waals surface area contributed by atoms with Crippen LogP contribution in [-0.2, 0) is 6.42 Å². The van der Waals surface area contributed by atoms with Gasteiger partial charge in [0.2, 0.25) is 0 Å². The summed E-state index contributed by atoms with van der Waals surface area (Å²) in [6.45, 7) is 14.4. The summed E-state index contributed by atoms with van der Waals surface area (Å²) in [5.41, 5.74) is 5.35. The molecule has 0 fully saturated rings. The fraction of sp³-hybridized carbons (Fsp3) is 0.155. The maximum absolute atomic E-state index is 16.1. The minimum atomic E-state index is -0.531. The summed E-state index contributed by atoms with van der Waals surface area (Å²) in [6, 6.07) is 55.9. The predicted molar refractivity (Wildman–Crippen MR) is 321 cm³/mol. The van der Waals surface area contributed by atoms with Crippen molar-refractivity contribution in [2.75, 3.05) is 9.80 Å². The molecular formula is C71H56N2O8. The molecule has 0 aliphatic carbocycles. The maximum atomic E-state index is 16.1. The molecular weight excluding hydrogens is 1010 g/mol. The molecule has 11 aromatic rings. The number of fused-ring (bicyclic) bond motifs is 2. The lowest BCUT2D eigenvalue weighted by atomic mass is 9.80. The van der Waals surface area contributed by atoms with Crippen LogP contribution in [0.3, 0.4) is 0 Å². The summed E-state index contributed by atoms with van der Waals surface area (Å²) >= 11 is 0. The number of para-hydroxylation sites is 6. The van der Waals surface area contributed by atoms with Crippen LogP contribution in [0.2, 0.25) is 0 Å². The van der Waals surface area contributed by atoms with Gasteiger partial charge < -0.3 is 18.9 Å². The summed E-state index contributed by atoms with van der Waals surface area (Å²) in [5.74, 6) is 0.579. The lowest BCUT2D eigenvalue weighted by Crippen LogP contribution is -2.42. The quantitative estimate of drug-likeness (QED) is 0.0601. The van der Waals surface area contributed by atoms with Gasteiger partial charge in [0.1, 0.15) is 46.0 Å². The monoisotopic (exact) mass is 1060 g/mol. The maximum Gasteiger partial charge on any atom is 0.266 e. The van der Waals surface area contributed by atoms with Crippen molar-refractivity contribution in [1.29, 1.82) is 0 Å². The molecule has 13 rings (SSSR count). The van der Waals surface area contributed by atoms with Gasteiger partial charge in [-0.25, -0.2) is 9.80 Å². The molecule has 0 radical (unpaired) electrons. The Bertz CT molecular complexity index is 4150. The van der Waals surface area contributed by atoms with Gasteiger partial charge in [-0.2, -0.15) is 0 Å². The van der Waals surface area contributed by atoms with Crippen LogP contribution >= 0.6 is 0 Å². The second-order valence-electron chi connectivity index (χ2n) is 21.7. The zero-order valence-electron chi connectivity index (χ0n) is 45.9. The molecule has 11 aromatic carbocycles. The number of imide groups is 2. The third-order valence-electron chi connectivity index (χ3n) is 15.7. The Balaban J connectivity index is 1.26. The van der Waals surface area contributed by atoms with Crippen molar-refractivity contribution in [2.24, 2.45) is 0 Å². The van der Waals surface area contributed by atoms with Crippen LogP contribution in [-0.4, -0.2) is 23.6 Å². The summed E-state index contributed by atoms with van der Waals surface area (Å²) in [6.07, 6.45) is 0.558. The molecule has 0 spiro atoms. The molecule has 0 atom stereocenters. The van der Waals surface area contributed by atoms with E-state index in [4.69, 9.17) is 18.9 Å². The van der Waals surface area contributed by atoms with Crippen molar-refractivity contribution in [3.05, 3.63) is 226 Å². The molecule has 4 amide bonds. The van der Waals surface area contributed by atoms with E-state index in [9.17, 15) is 0 Å². The van der Waals surface area contributed by atoms with Crippen molar-refractivity contribution in [2.45, 2.75) is 72.6 Å². The van der Waals surface area contributed by atoms with Gasteiger partial charge in [0.05, 0.1) is 33.6 Å². The number of amides is 4. The Hall–Kier alpha value is -9.80. The normalized spacial score (nSPS) is 13.3. The van der Waals surface area contributed by atoms with Crippen molar-refractivity contribution in [1.82, 2.24) is 0 Å². The van der Waals surface area contributed by atoms with Gasteiger partial charge in [-0.1, -0.05) is 158 Å². The van der Waals surface area contributed by atoms with Crippen LogP contribution in [0.4, 0.5) is 11.4 Å². The Morgan fingerprint density at radius 2 is 0.593 bits per heavy atom. The van der Waals surface area contributed by atoms with Gasteiger partial charge in [0, 0.05) is 43.1 Å². The van der Waals surface area contributed by atoms with Gasteiger partial charge >= 0.3 is 0 Å². The van der Waals surface area contributed by atoms with E-state index in [0.717, 1.165) is 22.3 Å². The second kappa shape index (κ2) is 19.8. The van der Waals surface area contributed by atoms with E-state index in [1.165, 1.54) is 9.80 Å². The van der Waals surface area contributed by atoms with Crippen molar-refractivity contribution < 1.29 is 38.1 Å². The SMILES string of the molecule is CCc1cccc(C(C)C)c1N1C(=O)c2cc(Oc3ccccc3)c3c4c(Oc5ccccc5)cc5c6c(cc(Oc7ccccc7)c(c7c(Oc8ccccc8)cc(c2c37)C1=O)c64)C(=O)N(c1c(C(C)C)cccc1C(C)C)C5=O. The van der Waals surface area contributed by atoms with Gasteiger partial charge in [-0.15, -0.1) is 0 Å². The van der Waals surface area contributed by atoms with E-state index in [0.29, 0.717) is 83.9 Å². The number of carbonyl (C=O) groups excluding carboxylic acids is 4. The fourth-order valence-corrected chi connectivity index (χ4v) is 12.1. The number of carbonyl (C=O) groups is 4. The van der Waals surface area contributed by atoms with Crippen LogP contribution in [0.15, 0.2) is 182 Å². The largest absolute Gasteiger partial charge is 0.457 e. The Kier molecular flexibility index (Phi) is 12.4. The van der Waals surface area contributed by atoms with Crippen molar-refractivity contribution >= 4 is 78.1 Å². The Labute approximate surface area is 469 Å². The van der Waals surface area contributed by atoms with Crippen LogP contribution in [0.5, 0.6) is 46.0 Å². The van der Waals surface area contributed by atoms with E-state index in [-0.39, 0.29) is 63.0 Å². The van der Waals surface area contributed by atoms with Crippen LogP contribution in [0.1, 0.15) is 130 Å². The van der Waals surface area contributed by atoms with E-state index in [1.807, 2.05) is 165 Å². The fourth-order valence-electron chi connectivity index (χ4n) is 12.1. The van der Waals surface area contributed by atoms with Gasteiger partial charge in [0.15, 0.2) is 0 Å². The van der Waals surface area contributed by atoms with Crippen LogP contribution < -0.4 is 28.7 Å². The number of aryl methyl sites for hydroxylation is 1. The number of ether oxygens (including phenoxy) is 4. The molecule has 2 heterocycles. The minimum absolute atomic E-state index is 0.0458. The van der Waals surface area contributed by atoms with E-state index < -0.39 is 23.6 Å².